The molecule has 1 N–H and O–H groups in total. The molecule has 0 aliphatic carbocycles. The van der Waals surface area contributed by atoms with E-state index >= 15 is 0 Å². The van der Waals surface area contributed by atoms with Crippen molar-refractivity contribution in [3.63, 3.8) is 0 Å². The van der Waals surface area contributed by atoms with Crippen LogP contribution in [0.15, 0.2) is 0 Å². The lowest BCUT2D eigenvalue weighted by Crippen LogP contribution is -2.41. The molecule has 0 aromatic carbocycles. The highest BCUT2D eigenvalue weighted by molar-refractivity contribution is 4.74. The summed E-state index contributed by atoms with van der Waals surface area (Å²) in [5.41, 5.74) is 0. The monoisotopic (exact) mass is 229 g/mol. The summed E-state index contributed by atoms with van der Waals surface area (Å²) in [7, 11) is 0. The van der Waals surface area contributed by atoms with Gasteiger partial charge in [0.15, 0.2) is 0 Å². The van der Waals surface area contributed by atoms with Crippen LogP contribution in [0.3, 0.4) is 0 Å². The SMILES string of the molecule is CCCC1CCCN(CC(O)COCC)C1. The number of rotatable bonds is 7. The zero-order valence-electron chi connectivity index (χ0n) is 10.8. The summed E-state index contributed by atoms with van der Waals surface area (Å²) < 4.78 is 5.23. The van der Waals surface area contributed by atoms with Crippen molar-refractivity contribution in [1.29, 1.82) is 0 Å². The van der Waals surface area contributed by atoms with E-state index in [-0.39, 0.29) is 6.10 Å². The second-order valence-corrected chi connectivity index (χ2v) is 4.87. The first kappa shape index (κ1) is 13.9. The van der Waals surface area contributed by atoms with Gasteiger partial charge >= 0.3 is 0 Å². The fraction of sp³-hybridized carbons (Fsp3) is 1.00. The maximum absolute atomic E-state index is 9.78. The molecule has 0 saturated carbocycles. The highest BCUT2D eigenvalue weighted by Gasteiger charge is 2.20. The first-order valence-electron chi connectivity index (χ1n) is 6.74. The topological polar surface area (TPSA) is 32.7 Å². The van der Waals surface area contributed by atoms with Gasteiger partial charge in [0.25, 0.3) is 0 Å². The number of nitrogens with zero attached hydrogens (tertiary/aromatic N) is 1. The molecule has 0 aromatic rings. The van der Waals surface area contributed by atoms with Crippen LogP contribution in [-0.2, 0) is 4.74 Å². The fourth-order valence-electron chi connectivity index (χ4n) is 2.57. The summed E-state index contributed by atoms with van der Waals surface area (Å²) in [6.45, 7) is 8.47. The van der Waals surface area contributed by atoms with Gasteiger partial charge in [-0.05, 0) is 38.6 Å². The Labute approximate surface area is 99.8 Å². The third-order valence-electron chi connectivity index (χ3n) is 3.28. The Balaban J connectivity index is 2.20. The minimum Gasteiger partial charge on any atom is -0.389 e. The minimum atomic E-state index is -0.319. The number of aliphatic hydroxyl groups is 1. The van der Waals surface area contributed by atoms with Crippen LogP contribution < -0.4 is 0 Å². The number of piperidine rings is 1. The molecule has 3 nitrogen and oxygen atoms in total. The third-order valence-corrected chi connectivity index (χ3v) is 3.28. The molecular weight excluding hydrogens is 202 g/mol. The van der Waals surface area contributed by atoms with Crippen molar-refractivity contribution in [2.75, 3.05) is 32.8 Å². The molecule has 3 heteroatoms. The Hall–Kier alpha value is -0.120. The molecule has 2 unspecified atom stereocenters. The van der Waals surface area contributed by atoms with Gasteiger partial charge in [0.1, 0.15) is 0 Å². The van der Waals surface area contributed by atoms with Crippen molar-refractivity contribution in [3.05, 3.63) is 0 Å². The van der Waals surface area contributed by atoms with Crippen LogP contribution in [0, 0.1) is 5.92 Å². The number of likely N-dealkylation sites (tertiary alicyclic amines) is 1. The van der Waals surface area contributed by atoms with E-state index in [1.54, 1.807) is 0 Å². The average molecular weight is 229 g/mol. The summed E-state index contributed by atoms with van der Waals surface area (Å²) >= 11 is 0. The Bertz CT molecular complexity index is 173. The smallest absolute Gasteiger partial charge is 0.0900 e. The Kier molecular flexibility index (Phi) is 7.01. The third kappa shape index (κ3) is 5.28. The molecule has 16 heavy (non-hydrogen) atoms. The van der Waals surface area contributed by atoms with Gasteiger partial charge in [-0.3, -0.25) is 0 Å². The van der Waals surface area contributed by atoms with Gasteiger partial charge in [-0.1, -0.05) is 13.3 Å². The zero-order chi connectivity index (χ0) is 11.8. The quantitative estimate of drug-likeness (QED) is 0.723. The van der Waals surface area contributed by atoms with Gasteiger partial charge in [0, 0.05) is 19.7 Å². The van der Waals surface area contributed by atoms with E-state index in [4.69, 9.17) is 4.74 Å². The lowest BCUT2D eigenvalue weighted by Gasteiger charge is -2.33. The zero-order valence-corrected chi connectivity index (χ0v) is 10.8. The Morgan fingerprint density at radius 2 is 2.25 bits per heavy atom. The number of hydrogen-bond acceptors (Lipinski definition) is 3. The molecule has 1 aliphatic heterocycles. The maximum atomic E-state index is 9.78. The number of ether oxygens (including phenoxy) is 1. The highest BCUT2D eigenvalue weighted by atomic mass is 16.5. The molecular formula is C13H27NO2. The molecule has 1 saturated heterocycles. The molecule has 2 atom stereocenters. The van der Waals surface area contributed by atoms with Crippen LogP contribution >= 0.6 is 0 Å². The van der Waals surface area contributed by atoms with E-state index in [0.29, 0.717) is 13.2 Å². The van der Waals surface area contributed by atoms with E-state index in [9.17, 15) is 5.11 Å². The molecule has 0 aromatic heterocycles. The van der Waals surface area contributed by atoms with Crippen LogP contribution in [0.2, 0.25) is 0 Å². The van der Waals surface area contributed by atoms with Gasteiger partial charge in [0.05, 0.1) is 12.7 Å². The molecule has 96 valence electrons. The van der Waals surface area contributed by atoms with Crippen molar-refractivity contribution in [2.45, 2.75) is 45.6 Å². The van der Waals surface area contributed by atoms with E-state index in [0.717, 1.165) is 25.6 Å². The second-order valence-electron chi connectivity index (χ2n) is 4.87. The molecule has 0 bridgehead atoms. The van der Waals surface area contributed by atoms with Crippen molar-refractivity contribution < 1.29 is 9.84 Å². The van der Waals surface area contributed by atoms with Crippen molar-refractivity contribution in [3.8, 4) is 0 Å². The standard InChI is InChI=1S/C13H27NO2/c1-3-6-12-7-5-8-14(9-12)10-13(15)11-16-4-2/h12-13,15H,3-11H2,1-2H3. The summed E-state index contributed by atoms with van der Waals surface area (Å²) in [4.78, 5) is 2.40. The Morgan fingerprint density at radius 1 is 1.44 bits per heavy atom. The second kappa shape index (κ2) is 8.04. The molecule has 0 radical (unpaired) electrons. The normalized spacial score (nSPS) is 24.6. The predicted molar refractivity (Wildman–Crippen MR) is 66.6 cm³/mol. The number of aliphatic hydroxyl groups excluding tert-OH is 1. The minimum absolute atomic E-state index is 0.319. The fourth-order valence-corrected chi connectivity index (χ4v) is 2.57. The predicted octanol–water partition coefficient (Wildman–Crippen LogP) is 1.90. The molecule has 0 amide bonds. The molecule has 0 spiro atoms. The molecule has 1 fully saturated rings. The van der Waals surface area contributed by atoms with E-state index in [2.05, 4.69) is 11.8 Å². The van der Waals surface area contributed by atoms with Crippen molar-refractivity contribution >= 4 is 0 Å². The van der Waals surface area contributed by atoms with Gasteiger partial charge < -0.3 is 14.7 Å². The van der Waals surface area contributed by atoms with Crippen LogP contribution in [0.4, 0.5) is 0 Å². The van der Waals surface area contributed by atoms with Crippen LogP contribution in [0.25, 0.3) is 0 Å². The number of hydrogen-bond donors (Lipinski definition) is 1. The summed E-state index contributed by atoms with van der Waals surface area (Å²) in [5.74, 6) is 0.845. The first-order valence-corrected chi connectivity index (χ1v) is 6.74. The van der Waals surface area contributed by atoms with Crippen LogP contribution in [-0.4, -0.2) is 49.0 Å². The lowest BCUT2D eigenvalue weighted by molar-refractivity contribution is 0.0125. The largest absolute Gasteiger partial charge is 0.389 e. The van der Waals surface area contributed by atoms with E-state index in [1.807, 2.05) is 6.92 Å². The maximum Gasteiger partial charge on any atom is 0.0900 e. The summed E-state index contributed by atoms with van der Waals surface area (Å²) in [6, 6.07) is 0. The summed E-state index contributed by atoms with van der Waals surface area (Å²) in [6.07, 6.45) is 4.94. The number of β-amino-alcohol motifs (C(OH)–C–C–N with tert-alkyl or cyclic N) is 1. The van der Waals surface area contributed by atoms with Gasteiger partial charge in [-0.25, -0.2) is 0 Å². The molecule has 1 aliphatic rings. The summed E-state index contributed by atoms with van der Waals surface area (Å²) in [5, 5.41) is 9.78. The van der Waals surface area contributed by atoms with Crippen molar-refractivity contribution in [1.82, 2.24) is 4.90 Å². The van der Waals surface area contributed by atoms with Crippen LogP contribution in [0.1, 0.15) is 39.5 Å². The van der Waals surface area contributed by atoms with Gasteiger partial charge in [0.2, 0.25) is 0 Å². The Morgan fingerprint density at radius 3 is 2.94 bits per heavy atom. The van der Waals surface area contributed by atoms with Gasteiger partial charge in [-0.2, -0.15) is 0 Å². The van der Waals surface area contributed by atoms with E-state index in [1.165, 1.54) is 25.7 Å². The van der Waals surface area contributed by atoms with E-state index < -0.39 is 0 Å². The molecule has 1 rings (SSSR count). The van der Waals surface area contributed by atoms with Crippen LogP contribution in [0.5, 0.6) is 0 Å². The molecule has 1 heterocycles. The van der Waals surface area contributed by atoms with Gasteiger partial charge in [-0.15, -0.1) is 0 Å². The van der Waals surface area contributed by atoms with Crippen molar-refractivity contribution in [2.24, 2.45) is 5.92 Å². The highest BCUT2D eigenvalue weighted by Crippen LogP contribution is 2.20. The average Bonchev–Trinajstić information content (AvgIpc) is 2.27. The first-order chi connectivity index (χ1) is 7.76. The lowest BCUT2D eigenvalue weighted by atomic mass is 9.93.